The van der Waals surface area contributed by atoms with Crippen molar-refractivity contribution in [3.63, 3.8) is 0 Å². The molecule has 0 bridgehead atoms. The molecule has 0 aromatic heterocycles. The van der Waals surface area contributed by atoms with Crippen molar-refractivity contribution in [2.24, 2.45) is 11.8 Å². The lowest BCUT2D eigenvalue weighted by atomic mass is 9.82. The largest absolute Gasteiger partial charge is 0.416 e. The van der Waals surface area contributed by atoms with E-state index in [9.17, 15) is 36.2 Å². The Kier molecular flexibility index (Phi) is 8.13. The molecule has 1 aliphatic carbocycles. The molecule has 198 valence electrons. The highest BCUT2D eigenvalue weighted by Gasteiger charge is 2.46. The molecule has 11 heteroatoms. The zero-order valence-electron chi connectivity index (χ0n) is 19.9. The first-order valence-corrected chi connectivity index (χ1v) is 11.7. The van der Waals surface area contributed by atoms with Gasteiger partial charge in [-0.25, -0.2) is 0 Å². The minimum Gasteiger partial charge on any atom is -0.390 e. The number of amides is 1. The predicted molar refractivity (Wildman–Crippen MR) is 116 cm³/mol. The monoisotopic (exact) mass is 510 g/mol. The lowest BCUT2D eigenvalue weighted by Crippen LogP contribution is -2.41. The molecular formula is C24H32F6N2O3. The van der Waals surface area contributed by atoms with Crippen molar-refractivity contribution < 1.29 is 41.0 Å². The van der Waals surface area contributed by atoms with E-state index in [4.69, 9.17) is 4.74 Å². The fraction of sp³-hybridized carbons (Fsp3) is 0.708. The molecule has 3 rings (SSSR count). The molecule has 5 nitrogen and oxygen atoms in total. The van der Waals surface area contributed by atoms with E-state index in [0.717, 1.165) is 12.8 Å². The first-order valence-electron chi connectivity index (χ1n) is 11.7. The van der Waals surface area contributed by atoms with Crippen LogP contribution in [0.3, 0.4) is 0 Å². The molecule has 1 saturated heterocycles. The fourth-order valence-corrected chi connectivity index (χ4v) is 5.07. The van der Waals surface area contributed by atoms with Gasteiger partial charge in [0.1, 0.15) is 0 Å². The average molecular weight is 511 g/mol. The summed E-state index contributed by atoms with van der Waals surface area (Å²) in [7, 11) is 0. The molecule has 35 heavy (non-hydrogen) atoms. The van der Waals surface area contributed by atoms with Crippen molar-refractivity contribution >= 4 is 5.91 Å². The number of alkyl halides is 6. The summed E-state index contributed by atoms with van der Waals surface area (Å²) < 4.78 is 84.7. The van der Waals surface area contributed by atoms with Crippen molar-refractivity contribution in [3.05, 3.63) is 34.9 Å². The number of hydrogen-bond donors (Lipinski definition) is 3. The summed E-state index contributed by atoms with van der Waals surface area (Å²) in [6.45, 7) is 5.82. The third-order valence-corrected chi connectivity index (χ3v) is 6.97. The molecule has 1 aromatic carbocycles. The Morgan fingerprint density at radius 3 is 2.00 bits per heavy atom. The number of aliphatic hydroxyl groups is 1. The molecule has 1 aliphatic heterocycles. The topological polar surface area (TPSA) is 70.6 Å². The molecule has 1 aromatic rings. The van der Waals surface area contributed by atoms with Gasteiger partial charge in [-0.15, -0.1) is 0 Å². The van der Waals surface area contributed by atoms with E-state index in [-0.39, 0.29) is 23.7 Å². The molecule has 4 atom stereocenters. The van der Waals surface area contributed by atoms with E-state index < -0.39 is 52.9 Å². The van der Waals surface area contributed by atoms with Gasteiger partial charge in [0.25, 0.3) is 0 Å². The van der Waals surface area contributed by atoms with Crippen LogP contribution >= 0.6 is 0 Å². The Morgan fingerprint density at radius 1 is 0.971 bits per heavy atom. The Bertz CT molecular complexity index is 858. The molecule has 2 aliphatic rings. The van der Waals surface area contributed by atoms with E-state index in [0.29, 0.717) is 38.2 Å². The highest BCUT2D eigenvalue weighted by atomic mass is 19.4. The summed E-state index contributed by atoms with van der Waals surface area (Å²) in [5.41, 5.74) is -4.36. The third kappa shape index (κ3) is 7.10. The van der Waals surface area contributed by atoms with E-state index in [1.54, 1.807) is 13.8 Å². The molecule has 0 radical (unpaired) electrons. The van der Waals surface area contributed by atoms with Gasteiger partial charge in [-0.05, 0) is 70.2 Å². The average Bonchev–Trinajstić information content (AvgIpc) is 3.17. The summed E-state index contributed by atoms with van der Waals surface area (Å²) in [5, 5.41) is 16.8. The first kappa shape index (κ1) is 27.7. The number of halogens is 6. The van der Waals surface area contributed by atoms with Gasteiger partial charge >= 0.3 is 12.4 Å². The van der Waals surface area contributed by atoms with Crippen molar-refractivity contribution in [1.82, 2.24) is 10.6 Å². The minimum absolute atomic E-state index is 0.0500. The maximum absolute atomic E-state index is 13.2. The van der Waals surface area contributed by atoms with Crippen LogP contribution in [0.2, 0.25) is 0 Å². The van der Waals surface area contributed by atoms with Gasteiger partial charge in [0, 0.05) is 37.1 Å². The van der Waals surface area contributed by atoms with E-state index in [1.165, 1.54) is 6.92 Å². The van der Waals surface area contributed by atoms with Crippen molar-refractivity contribution in [1.29, 1.82) is 0 Å². The van der Waals surface area contributed by atoms with Crippen molar-refractivity contribution in [3.8, 4) is 0 Å². The summed E-state index contributed by atoms with van der Waals surface area (Å²) in [6.07, 6.45) is -7.36. The number of carbonyl (C=O) groups excluding carboxylic acids is 1. The number of hydrogen-bond acceptors (Lipinski definition) is 4. The maximum atomic E-state index is 13.2. The van der Waals surface area contributed by atoms with E-state index >= 15 is 0 Å². The molecular weight excluding hydrogens is 478 g/mol. The lowest BCUT2D eigenvalue weighted by molar-refractivity contribution is -0.143. The van der Waals surface area contributed by atoms with Gasteiger partial charge in [-0.2, -0.15) is 26.3 Å². The van der Waals surface area contributed by atoms with Crippen LogP contribution in [0.5, 0.6) is 0 Å². The van der Waals surface area contributed by atoms with Crippen molar-refractivity contribution in [2.45, 2.75) is 82.5 Å². The second-order valence-electron chi connectivity index (χ2n) is 10.2. The second-order valence-corrected chi connectivity index (χ2v) is 10.2. The van der Waals surface area contributed by atoms with Gasteiger partial charge in [-0.1, -0.05) is 0 Å². The highest BCUT2D eigenvalue weighted by molar-refractivity contribution is 5.80. The SMILES string of the molecule is CC(NC(=O)[C@@H]1C[C@H](NC2CCOCC2)CC1C(C)(C)O)c1cc(C(F)(F)F)cc(C(F)(F)F)c1. The summed E-state index contributed by atoms with van der Waals surface area (Å²) in [6, 6.07) is 0.381. The molecule has 0 spiro atoms. The quantitative estimate of drug-likeness (QED) is 0.480. The second kappa shape index (κ2) is 10.3. The van der Waals surface area contributed by atoms with Crippen LogP contribution in [0.25, 0.3) is 0 Å². The van der Waals surface area contributed by atoms with Crippen LogP contribution in [-0.4, -0.2) is 41.9 Å². The van der Waals surface area contributed by atoms with Crippen LogP contribution in [0, 0.1) is 11.8 Å². The van der Waals surface area contributed by atoms with Crippen LogP contribution in [-0.2, 0) is 21.9 Å². The maximum Gasteiger partial charge on any atom is 0.416 e. The number of nitrogens with one attached hydrogen (secondary N) is 2. The standard InChI is InChI=1S/C24H32F6N2O3/c1-13(14-8-15(23(25,26)27)10-16(9-14)24(28,29)30)31-21(33)19-11-18(12-20(19)22(2,3)34)32-17-4-6-35-7-5-17/h8-10,13,17-20,32,34H,4-7,11-12H2,1-3H3,(H,31,33)/t13?,18-,19+,20?/m0/s1. The number of carbonyl (C=O) groups is 1. The highest BCUT2D eigenvalue weighted by Crippen LogP contribution is 2.41. The first-order chi connectivity index (χ1) is 16.1. The summed E-state index contributed by atoms with van der Waals surface area (Å²) in [5.74, 6) is -1.59. The van der Waals surface area contributed by atoms with Gasteiger partial charge in [0.15, 0.2) is 0 Å². The van der Waals surface area contributed by atoms with E-state index in [1.807, 2.05) is 0 Å². The Labute approximate surface area is 200 Å². The molecule has 2 fully saturated rings. The normalized spacial score (nSPS) is 25.5. The van der Waals surface area contributed by atoms with Gasteiger partial charge in [-0.3, -0.25) is 4.79 Å². The molecule has 1 saturated carbocycles. The van der Waals surface area contributed by atoms with Crippen LogP contribution in [0.1, 0.15) is 69.2 Å². The van der Waals surface area contributed by atoms with Gasteiger partial charge < -0.3 is 20.5 Å². The molecule has 1 heterocycles. The van der Waals surface area contributed by atoms with E-state index in [2.05, 4.69) is 10.6 Å². The zero-order valence-corrected chi connectivity index (χ0v) is 19.9. The Hall–Kier alpha value is -1.85. The molecule has 3 N–H and O–H groups in total. The smallest absolute Gasteiger partial charge is 0.390 e. The van der Waals surface area contributed by atoms with Crippen molar-refractivity contribution in [2.75, 3.05) is 13.2 Å². The fourth-order valence-electron chi connectivity index (χ4n) is 5.07. The summed E-state index contributed by atoms with van der Waals surface area (Å²) >= 11 is 0. The predicted octanol–water partition coefficient (Wildman–Crippen LogP) is 4.84. The lowest BCUT2D eigenvalue weighted by Gasteiger charge is -2.31. The number of benzene rings is 1. The Morgan fingerprint density at radius 2 is 1.51 bits per heavy atom. The van der Waals surface area contributed by atoms with Gasteiger partial charge in [0.05, 0.1) is 22.8 Å². The third-order valence-electron chi connectivity index (χ3n) is 6.97. The van der Waals surface area contributed by atoms with Crippen LogP contribution in [0.15, 0.2) is 18.2 Å². The van der Waals surface area contributed by atoms with Crippen LogP contribution in [0.4, 0.5) is 26.3 Å². The van der Waals surface area contributed by atoms with Crippen LogP contribution < -0.4 is 10.6 Å². The minimum atomic E-state index is -4.97. The number of rotatable bonds is 6. The Balaban J connectivity index is 1.78. The van der Waals surface area contributed by atoms with Gasteiger partial charge in [0.2, 0.25) is 5.91 Å². The zero-order chi connectivity index (χ0) is 26.2. The molecule has 1 amide bonds. The number of ether oxygens (including phenoxy) is 1. The summed E-state index contributed by atoms with van der Waals surface area (Å²) in [4.78, 5) is 13.2. The molecule has 2 unspecified atom stereocenters.